The van der Waals surface area contributed by atoms with Crippen LogP contribution in [0.1, 0.15) is 32.8 Å². The normalized spacial score (nSPS) is 11.2. The fourth-order valence-corrected chi connectivity index (χ4v) is 1.70. The highest BCUT2D eigenvalue weighted by atomic mass is 16.6. The second-order valence-electron chi connectivity index (χ2n) is 5.65. The molecule has 0 fully saturated rings. The van der Waals surface area contributed by atoms with E-state index in [1.54, 1.807) is 6.07 Å². The van der Waals surface area contributed by atoms with Gasteiger partial charge < -0.3 is 10.6 Å². The minimum atomic E-state index is -0.416. The SMILES string of the molecule is CC(C)(C)NC(=O)CCNCc1cccc([N+](=O)[O-])c1. The zero-order valence-corrected chi connectivity index (χ0v) is 12.1. The molecule has 0 aliphatic rings. The molecule has 0 atom stereocenters. The molecule has 6 heteroatoms. The number of non-ortho nitro benzene ring substituents is 1. The number of nitro benzene ring substituents is 1. The van der Waals surface area contributed by atoms with Crippen molar-refractivity contribution in [2.24, 2.45) is 0 Å². The molecule has 1 amide bonds. The predicted octanol–water partition coefficient (Wildman–Crippen LogP) is 1.99. The Bertz CT molecular complexity index is 481. The molecule has 0 saturated carbocycles. The molecule has 1 aromatic rings. The number of nitrogens with zero attached hydrogens (tertiary/aromatic N) is 1. The van der Waals surface area contributed by atoms with Gasteiger partial charge in [0.2, 0.25) is 5.91 Å². The highest BCUT2D eigenvalue weighted by Crippen LogP contribution is 2.12. The van der Waals surface area contributed by atoms with E-state index in [1.165, 1.54) is 12.1 Å². The van der Waals surface area contributed by atoms with E-state index in [2.05, 4.69) is 10.6 Å². The zero-order valence-electron chi connectivity index (χ0n) is 12.1. The van der Waals surface area contributed by atoms with Gasteiger partial charge in [0.05, 0.1) is 4.92 Å². The van der Waals surface area contributed by atoms with Crippen molar-refractivity contribution < 1.29 is 9.72 Å². The number of amides is 1. The fraction of sp³-hybridized carbons (Fsp3) is 0.500. The Labute approximate surface area is 118 Å². The van der Waals surface area contributed by atoms with Crippen LogP contribution in [0.25, 0.3) is 0 Å². The molecule has 1 aromatic carbocycles. The lowest BCUT2D eigenvalue weighted by Gasteiger charge is -2.20. The minimum Gasteiger partial charge on any atom is -0.351 e. The van der Waals surface area contributed by atoms with Crippen molar-refractivity contribution in [3.63, 3.8) is 0 Å². The summed E-state index contributed by atoms with van der Waals surface area (Å²) in [7, 11) is 0. The van der Waals surface area contributed by atoms with Crippen molar-refractivity contribution in [1.29, 1.82) is 0 Å². The third-order valence-electron chi connectivity index (χ3n) is 2.49. The molecule has 0 bridgehead atoms. The van der Waals surface area contributed by atoms with Gasteiger partial charge in [0.25, 0.3) is 5.69 Å². The van der Waals surface area contributed by atoms with E-state index in [9.17, 15) is 14.9 Å². The first-order valence-electron chi connectivity index (χ1n) is 6.53. The lowest BCUT2D eigenvalue weighted by atomic mass is 10.1. The highest BCUT2D eigenvalue weighted by molar-refractivity contribution is 5.76. The van der Waals surface area contributed by atoms with Crippen LogP contribution >= 0.6 is 0 Å². The summed E-state index contributed by atoms with van der Waals surface area (Å²) in [6.45, 7) is 6.83. The summed E-state index contributed by atoms with van der Waals surface area (Å²) >= 11 is 0. The molecule has 1 rings (SSSR count). The van der Waals surface area contributed by atoms with Crippen LogP contribution in [0.15, 0.2) is 24.3 Å². The average molecular weight is 279 g/mol. The first-order chi connectivity index (χ1) is 9.28. The summed E-state index contributed by atoms with van der Waals surface area (Å²) < 4.78 is 0. The number of hydrogen-bond donors (Lipinski definition) is 2. The maximum atomic E-state index is 11.6. The number of nitrogens with one attached hydrogen (secondary N) is 2. The van der Waals surface area contributed by atoms with Crippen LogP contribution < -0.4 is 10.6 Å². The summed E-state index contributed by atoms with van der Waals surface area (Å²) in [6.07, 6.45) is 0.381. The lowest BCUT2D eigenvalue weighted by molar-refractivity contribution is -0.384. The van der Waals surface area contributed by atoms with Crippen LogP contribution in [0.3, 0.4) is 0 Å². The number of carbonyl (C=O) groups excluding carboxylic acids is 1. The number of rotatable bonds is 6. The second-order valence-corrected chi connectivity index (χ2v) is 5.65. The van der Waals surface area contributed by atoms with Gasteiger partial charge in [0.1, 0.15) is 0 Å². The van der Waals surface area contributed by atoms with Crippen molar-refractivity contribution >= 4 is 11.6 Å². The minimum absolute atomic E-state index is 0.0101. The van der Waals surface area contributed by atoms with Crippen molar-refractivity contribution in [3.05, 3.63) is 39.9 Å². The number of benzene rings is 1. The van der Waals surface area contributed by atoms with E-state index in [-0.39, 0.29) is 17.1 Å². The van der Waals surface area contributed by atoms with Gasteiger partial charge in [0, 0.05) is 37.2 Å². The summed E-state index contributed by atoms with van der Waals surface area (Å²) in [5, 5.41) is 16.6. The maximum Gasteiger partial charge on any atom is 0.269 e. The van der Waals surface area contributed by atoms with Crippen LogP contribution in [0.5, 0.6) is 0 Å². The molecule has 110 valence electrons. The molecule has 0 spiro atoms. The molecule has 0 aliphatic heterocycles. The fourth-order valence-electron chi connectivity index (χ4n) is 1.70. The molecule has 20 heavy (non-hydrogen) atoms. The van der Waals surface area contributed by atoms with E-state index in [1.807, 2.05) is 26.8 Å². The molecule has 0 heterocycles. The third-order valence-corrected chi connectivity index (χ3v) is 2.49. The van der Waals surface area contributed by atoms with Gasteiger partial charge >= 0.3 is 0 Å². The second kappa shape index (κ2) is 7.00. The average Bonchev–Trinajstić information content (AvgIpc) is 2.33. The van der Waals surface area contributed by atoms with E-state index >= 15 is 0 Å². The van der Waals surface area contributed by atoms with Gasteiger partial charge in [-0.05, 0) is 26.3 Å². The van der Waals surface area contributed by atoms with Crippen LogP contribution in [0, 0.1) is 10.1 Å². The van der Waals surface area contributed by atoms with Gasteiger partial charge in [-0.15, -0.1) is 0 Å². The van der Waals surface area contributed by atoms with Gasteiger partial charge in [-0.1, -0.05) is 12.1 Å². The molecule has 2 N–H and O–H groups in total. The van der Waals surface area contributed by atoms with E-state index in [0.717, 1.165) is 5.56 Å². The van der Waals surface area contributed by atoms with Gasteiger partial charge in [-0.25, -0.2) is 0 Å². The third kappa shape index (κ3) is 6.29. The molecule has 0 radical (unpaired) electrons. The molecule has 0 unspecified atom stereocenters. The first-order valence-corrected chi connectivity index (χ1v) is 6.53. The molecule has 0 aliphatic carbocycles. The Hall–Kier alpha value is -1.95. The molecule has 6 nitrogen and oxygen atoms in total. The van der Waals surface area contributed by atoms with Gasteiger partial charge in [-0.3, -0.25) is 14.9 Å². The Morgan fingerprint density at radius 3 is 2.65 bits per heavy atom. The van der Waals surface area contributed by atoms with Crippen molar-refractivity contribution in [3.8, 4) is 0 Å². The number of nitro groups is 1. The topological polar surface area (TPSA) is 84.3 Å². The van der Waals surface area contributed by atoms with Crippen LogP contribution in [0.4, 0.5) is 5.69 Å². The standard InChI is InChI=1S/C14H21N3O3/c1-14(2,3)16-13(18)7-8-15-10-11-5-4-6-12(9-11)17(19)20/h4-6,9,15H,7-8,10H2,1-3H3,(H,16,18). The van der Waals surface area contributed by atoms with Crippen molar-refractivity contribution in [2.45, 2.75) is 39.3 Å². The summed E-state index contributed by atoms with van der Waals surface area (Å²) in [6, 6.07) is 6.46. The van der Waals surface area contributed by atoms with Crippen molar-refractivity contribution in [2.75, 3.05) is 6.54 Å². The van der Waals surface area contributed by atoms with Crippen LogP contribution in [0.2, 0.25) is 0 Å². The van der Waals surface area contributed by atoms with Crippen LogP contribution in [-0.4, -0.2) is 22.9 Å². The smallest absolute Gasteiger partial charge is 0.269 e. The van der Waals surface area contributed by atoms with E-state index in [4.69, 9.17) is 0 Å². The quantitative estimate of drug-likeness (QED) is 0.474. The van der Waals surface area contributed by atoms with Crippen molar-refractivity contribution in [1.82, 2.24) is 10.6 Å². The summed E-state index contributed by atoms with van der Waals surface area (Å²) in [4.78, 5) is 21.8. The highest BCUT2D eigenvalue weighted by Gasteiger charge is 2.12. The lowest BCUT2D eigenvalue weighted by Crippen LogP contribution is -2.41. The summed E-state index contributed by atoms with van der Waals surface area (Å²) in [5.41, 5.74) is 0.683. The first kappa shape index (κ1) is 16.1. The Balaban J connectivity index is 2.33. The Kier molecular flexibility index (Phi) is 5.64. The number of hydrogen-bond acceptors (Lipinski definition) is 4. The van der Waals surface area contributed by atoms with Crippen LogP contribution in [-0.2, 0) is 11.3 Å². The van der Waals surface area contributed by atoms with Gasteiger partial charge in [-0.2, -0.15) is 0 Å². The van der Waals surface area contributed by atoms with Gasteiger partial charge in [0.15, 0.2) is 0 Å². The largest absolute Gasteiger partial charge is 0.351 e. The number of carbonyl (C=O) groups is 1. The Morgan fingerprint density at radius 2 is 2.05 bits per heavy atom. The molecular formula is C14H21N3O3. The van der Waals surface area contributed by atoms with E-state index < -0.39 is 4.92 Å². The molecular weight excluding hydrogens is 258 g/mol. The molecule has 0 saturated heterocycles. The van der Waals surface area contributed by atoms with E-state index in [0.29, 0.717) is 19.5 Å². The maximum absolute atomic E-state index is 11.6. The molecule has 0 aromatic heterocycles. The predicted molar refractivity (Wildman–Crippen MR) is 77.3 cm³/mol. The summed E-state index contributed by atoms with van der Waals surface area (Å²) in [5.74, 6) is -0.0101. The Morgan fingerprint density at radius 1 is 1.35 bits per heavy atom. The monoisotopic (exact) mass is 279 g/mol. The zero-order chi connectivity index (χ0) is 15.2.